The van der Waals surface area contributed by atoms with Gasteiger partial charge in [-0.15, -0.1) is 11.3 Å². The molecule has 36 heavy (non-hydrogen) atoms. The van der Waals surface area contributed by atoms with E-state index in [2.05, 4.69) is 4.98 Å². The minimum atomic E-state index is -1.28. The first-order chi connectivity index (χ1) is 16.8. The number of hydrogen-bond acceptors (Lipinski definition) is 8. The second-order valence-electron chi connectivity index (χ2n) is 10.4. The zero-order valence-electron chi connectivity index (χ0n) is 22.6. The predicted octanol–water partition coefficient (Wildman–Crippen LogP) is 4.67. The Bertz CT molecular complexity index is 1010. The fraction of sp³-hybridized carbons (Fsp3) is 0.607. The summed E-state index contributed by atoms with van der Waals surface area (Å²) >= 11 is 1.53. The molecular weight excluding hydrogens is 478 g/mol. The normalized spacial score (nSPS) is 33.5. The number of carbonyl (C=O) groups excluding carboxylic acids is 2. The second-order valence-corrected chi connectivity index (χ2v) is 11.5. The fourth-order valence-corrected chi connectivity index (χ4v) is 4.95. The summed E-state index contributed by atoms with van der Waals surface area (Å²) in [5, 5.41) is 24.5. The van der Waals surface area contributed by atoms with Crippen molar-refractivity contribution < 1.29 is 29.3 Å². The van der Waals surface area contributed by atoms with Crippen LogP contribution in [-0.4, -0.2) is 58.5 Å². The Balaban J connectivity index is 2.50. The number of cyclic esters (lactones) is 1. The summed E-state index contributed by atoms with van der Waals surface area (Å²) in [5.41, 5.74) is 1.16. The number of ketones is 1. The molecule has 2 N–H and O–H groups in total. The molecule has 0 fully saturated rings. The van der Waals surface area contributed by atoms with Crippen LogP contribution in [0.5, 0.6) is 0 Å². The zero-order chi connectivity index (χ0) is 27.2. The third-order valence-electron chi connectivity index (χ3n) is 6.94. The topological polar surface area (TPSA) is 106 Å². The second kappa shape index (κ2) is 12.9. The maximum absolute atomic E-state index is 13.2. The van der Waals surface area contributed by atoms with Crippen LogP contribution >= 0.6 is 11.3 Å². The van der Waals surface area contributed by atoms with Gasteiger partial charge >= 0.3 is 5.97 Å². The number of nitrogens with zero attached hydrogens (tertiary/aromatic N) is 1. The molecule has 1 aliphatic rings. The molecular formula is C28H41NO6S. The highest BCUT2D eigenvalue weighted by molar-refractivity contribution is 7.09. The first-order valence-electron chi connectivity index (χ1n) is 12.4. The molecule has 7 nitrogen and oxygen atoms in total. The summed E-state index contributed by atoms with van der Waals surface area (Å²) in [6, 6.07) is 0. The molecule has 0 unspecified atom stereocenters. The number of allylic oxidation sites excluding steroid dienone is 3. The van der Waals surface area contributed by atoms with Gasteiger partial charge in [-0.2, -0.15) is 0 Å². The number of esters is 1. The Morgan fingerprint density at radius 1 is 1.25 bits per heavy atom. The number of thiazole rings is 1. The highest BCUT2D eigenvalue weighted by Crippen LogP contribution is 2.32. The van der Waals surface area contributed by atoms with E-state index in [0.717, 1.165) is 21.8 Å². The maximum atomic E-state index is 13.2. The van der Waals surface area contributed by atoms with Crippen LogP contribution in [0.25, 0.3) is 6.08 Å². The molecule has 2 heterocycles. The van der Waals surface area contributed by atoms with Crippen molar-refractivity contribution >= 4 is 29.2 Å². The van der Waals surface area contributed by atoms with Crippen molar-refractivity contribution in [2.45, 2.75) is 85.7 Å². The Labute approximate surface area is 218 Å². The van der Waals surface area contributed by atoms with Crippen LogP contribution in [0.1, 0.15) is 65.1 Å². The van der Waals surface area contributed by atoms with Crippen molar-refractivity contribution in [3.63, 3.8) is 0 Å². The quantitative estimate of drug-likeness (QED) is 0.559. The molecule has 6 atom stereocenters. The molecule has 0 aromatic carbocycles. The first-order valence-corrected chi connectivity index (χ1v) is 13.2. The SMILES string of the molecule is CO[C@H]1/C=C(C)\C=C\C[C@H](C)[C@H](O)[C@@H](C)C(=O)C(C)(C)[C@@H](O)CC(=O)O[C@@H]1/C(C)=C/c1csc(C)n1. The van der Waals surface area contributed by atoms with Gasteiger partial charge in [0.2, 0.25) is 0 Å². The number of rotatable bonds is 3. The summed E-state index contributed by atoms with van der Waals surface area (Å²) < 4.78 is 11.6. The van der Waals surface area contributed by atoms with E-state index >= 15 is 0 Å². The van der Waals surface area contributed by atoms with Gasteiger partial charge in [0, 0.05) is 18.4 Å². The van der Waals surface area contributed by atoms with Crippen molar-refractivity contribution in [1.82, 2.24) is 4.98 Å². The standard InChI is InChI=1S/C28H41NO6S/c1-16-10-9-11-17(2)25(32)19(4)27(33)28(6,7)23(30)14-24(31)35-26(22(12-16)34-8)18(3)13-21-15-36-20(5)29-21/h9-10,12-13,15,17,19,22-23,25-26,30,32H,11,14H2,1-8H3/b10-9+,16-12-,18-13+/t17-,19+,22-,23-,25-,26+/m0/s1. The highest BCUT2D eigenvalue weighted by Gasteiger charge is 2.42. The molecule has 1 aromatic rings. The summed E-state index contributed by atoms with van der Waals surface area (Å²) in [7, 11) is 1.55. The Morgan fingerprint density at radius 3 is 2.50 bits per heavy atom. The number of hydrogen-bond donors (Lipinski definition) is 2. The van der Waals surface area contributed by atoms with Crippen molar-refractivity contribution in [3.8, 4) is 0 Å². The summed E-state index contributed by atoms with van der Waals surface area (Å²) in [5.74, 6) is -1.81. The van der Waals surface area contributed by atoms with E-state index in [1.54, 1.807) is 27.9 Å². The number of aromatic nitrogens is 1. The van der Waals surface area contributed by atoms with Crippen LogP contribution < -0.4 is 0 Å². The smallest absolute Gasteiger partial charge is 0.309 e. The van der Waals surface area contributed by atoms with E-state index in [1.165, 1.54) is 11.3 Å². The largest absolute Gasteiger partial charge is 0.455 e. The lowest BCUT2D eigenvalue weighted by atomic mass is 9.73. The van der Waals surface area contributed by atoms with Gasteiger partial charge < -0.3 is 19.7 Å². The minimum Gasteiger partial charge on any atom is -0.455 e. The van der Waals surface area contributed by atoms with Gasteiger partial charge in [-0.05, 0) is 50.8 Å². The number of aryl methyl sites for hydroxylation is 1. The number of Topliss-reactive ketones (excluding diaryl/α,β-unsaturated/α-hetero) is 1. The molecule has 0 aliphatic carbocycles. The molecule has 1 aliphatic heterocycles. The molecule has 2 rings (SSSR count). The van der Waals surface area contributed by atoms with E-state index in [-0.39, 0.29) is 18.1 Å². The minimum absolute atomic E-state index is 0.170. The predicted molar refractivity (Wildman–Crippen MR) is 142 cm³/mol. The number of aliphatic hydroxyl groups is 2. The number of aliphatic hydroxyl groups excluding tert-OH is 2. The van der Waals surface area contributed by atoms with Gasteiger partial charge in [-0.3, -0.25) is 9.59 Å². The molecule has 0 bridgehead atoms. The van der Waals surface area contributed by atoms with Gasteiger partial charge in [-0.25, -0.2) is 4.98 Å². The van der Waals surface area contributed by atoms with Gasteiger partial charge in [0.1, 0.15) is 11.9 Å². The first kappa shape index (κ1) is 30.1. The van der Waals surface area contributed by atoms with E-state index in [1.807, 2.05) is 57.4 Å². The van der Waals surface area contributed by atoms with Crippen LogP contribution in [0.3, 0.4) is 0 Å². The molecule has 0 saturated heterocycles. The van der Waals surface area contributed by atoms with Crippen LogP contribution in [0.2, 0.25) is 0 Å². The summed E-state index contributed by atoms with van der Waals surface area (Å²) in [4.78, 5) is 30.7. The average molecular weight is 520 g/mol. The molecule has 1 aromatic heterocycles. The molecule has 0 spiro atoms. The number of methoxy groups -OCH3 is 1. The van der Waals surface area contributed by atoms with Crippen molar-refractivity contribution in [2.75, 3.05) is 7.11 Å². The maximum Gasteiger partial charge on any atom is 0.309 e. The number of ether oxygens (including phenoxy) is 2. The van der Waals surface area contributed by atoms with Crippen LogP contribution in [0.4, 0.5) is 0 Å². The Morgan fingerprint density at radius 2 is 1.92 bits per heavy atom. The third kappa shape index (κ3) is 7.68. The van der Waals surface area contributed by atoms with Gasteiger partial charge in [0.15, 0.2) is 6.10 Å². The van der Waals surface area contributed by atoms with Crippen molar-refractivity contribution in [3.05, 3.63) is 45.5 Å². The van der Waals surface area contributed by atoms with Crippen LogP contribution in [-0.2, 0) is 19.1 Å². The van der Waals surface area contributed by atoms with E-state index in [9.17, 15) is 19.8 Å². The van der Waals surface area contributed by atoms with Gasteiger partial charge in [0.05, 0.1) is 34.7 Å². The Kier molecular flexibility index (Phi) is 10.8. The molecule has 0 saturated carbocycles. The van der Waals surface area contributed by atoms with Crippen molar-refractivity contribution in [1.29, 1.82) is 0 Å². The highest BCUT2D eigenvalue weighted by atomic mass is 32.1. The lowest BCUT2D eigenvalue weighted by Crippen LogP contribution is -2.46. The molecule has 0 radical (unpaired) electrons. The van der Waals surface area contributed by atoms with E-state index < -0.39 is 41.7 Å². The number of carbonyl (C=O) groups is 2. The molecule has 8 heteroatoms. The van der Waals surface area contributed by atoms with Crippen LogP contribution in [0, 0.1) is 24.2 Å². The lowest BCUT2D eigenvalue weighted by Gasteiger charge is -2.34. The summed E-state index contributed by atoms with van der Waals surface area (Å²) in [6.07, 6.45) is 4.34. The summed E-state index contributed by atoms with van der Waals surface area (Å²) in [6.45, 7) is 12.5. The van der Waals surface area contributed by atoms with E-state index in [0.29, 0.717) is 6.42 Å². The Hall–Kier alpha value is -2.13. The zero-order valence-corrected chi connectivity index (χ0v) is 23.5. The molecule has 0 amide bonds. The lowest BCUT2D eigenvalue weighted by molar-refractivity contribution is -0.157. The average Bonchev–Trinajstić information content (AvgIpc) is 3.22. The third-order valence-corrected chi connectivity index (χ3v) is 7.73. The molecule has 200 valence electrons. The fourth-order valence-electron chi connectivity index (χ4n) is 4.38. The van der Waals surface area contributed by atoms with Gasteiger partial charge in [0.25, 0.3) is 0 Å². The van der Waals surface area contributed by atoms with Crippen LogP contribution in [0.15, 0.2) is 34.8 Å². The monoisotopic (exact) mass is 519 g/mol. The van der Waals surface area contributed by atoms with Crippen molar-refractivity contribution in [2.24, 2.45) is 17.3 Å². The van der Waals surface area contributed by atoms with E-state index in [4.69, 9.17) is 9.47 Å². The van der Waals surface area contributed by atoms with Gasteiger partial charge in [-0.1, -0.05) is 45.4 Å².